The third kappa shape index (κ3) is 3.80. The van der Waals surface area contributed by atoms with Crippen LogP contribution in [-0.4, -0.2) is 42.3 Å². The van der Waals surface area contributed by atoms with Gasteiger partial charge in [-0.05, 0) is 53.8 Å². The first-order chi connectivity index (χ1) is 13.1. The van der Waals surface area contributed by atoms with E-state index in [1.165, 1.54) is 0 Å². The van der Waals surface area contributed by atoms with Crippen LogP contribution in [0.5, 0.6) is 0 Å². The predicted octanol–water partition coefficient (Wildman–Crippen LogP) is 1.55. The number of pyridine rings is 1. The molecule has 1 atom stereocenters. The molecule has 2 heterocycles. The summed E-state index contributed by atoms with van der Waals surface area (Å²) in [4.78, 5) is 17.1. The van der Waals surface area contributed by atoms with Crippen LogP contribution in [-0.2, 0) is 11.3 Å². The minimum absolute atomic E-state index is 0.0653. The van der Waals surface area contributed by atoms with Gasteiger partial charge in [0.25, 0.3) is 0 Å². The lowest BCUT2D eigenvalue weighted by Crippen LogP contribution is -2.41. The number of fused-ring (bicyclic) bond motifs is 1. The van der Waals surface area contributed by atoms with Crippen LogP contribution in [0.25, 0.3) is 10.9 Å². The van der Waals surface area contributed by atoms with Gasteiger partial charge in [-0.15, -0.1) is 5.10 Å². The summed E-state index contributed by atoms with van der Waals surface area (Å²) >= 11 is 0. The van der Waals surface area contributed by atoms with Crippen molar-refractivity contribution in [3.63, 3.8) is 0 Å². The van der Waals surface area contributed by atoms with Crippen molar-refractivity contribution in [3.8, 4) is 0 Å². The number of amides is 1. The number of nitrogens with zero attached hydrogens (tertiary/aromatic N) is 5. The van der Waals surface area contributed by atoms with E-state index in [0.717, 1.165) is 16.5 Å². The quantitative estimate of drug-likeness (QED) is 0.686. The second-order valence-electron chi connectivity index (χ2n) is 7.09. The summed E-state index contributed by atoms with van der Waals surface area (Å²) in [5.74, 6) is 0.825. The number of hydrogen-bond donors (Lipinski definition) is 2. The molecular formula is C19H22N6O2. The lowest BCUT2D eigenvalue weighted by molar-refractivity contribution is -0.123. The number of tetrazole rings is 1. The molecule has 1 amide bonds. The van der Waals surface area contributed by atoms with E-state index in [-0.39, 0.29) is 24.0 Å². The molecule has 1 aliphatic carbocycles. The SMILES string of the molecule is Cc1nnnn1CCC(=O)NC(c1cnc2ccccc2c1)C1CC(O)C1. The Bertz CT molecular complexity index is 950. The molecular weight excluding hydrogens is 344 g/mol. The smallest absolute Gasteiger partial charge is 0.222 e. The van der Waals surface area contributed by atoms with Gasteiger partial charge in [-0.3, -0.25) is 9.78 Å². The molecule has 0 spiro atoms. The van der Waals surface area contributed by atoms with Crippen LogP contribution in [0.3, 0.4) is 0 Å². The van der Waals surface area contributed by atoms with Gasteiger partial charge in [-0.1, -0.05) is 18.2 Å². The standard InChI is InChI=1S/C19H22N6O2/c1-12-22-23-24-25(12)7-6-18(27)21-19(14-9-16(26)10-14)15-8-13-4-2-3-5-17(13)20-11-15/h2-5,8,11,14,16,19,26H,6-7,9-10H2,1H3,(H,21,27). The number of carbonyl (C=O) groups is 1. The molecule has 2 N–H and O–H groups in total. The Morgan fingerprint density at radius 2 is 2.19 bits per heavy atom. The number of aliphatic hydroxyl groups excluding tert-OH is 1. The molecule has 1 saturated carbocycles. The molecule has 0 radical (unpaired) electrons. The van der Waals surface area contributed by atoms with Gasteiger partial charge in [0.1, 0.15) is 5.82 Å². The monoisotopic (exact) mass is 366 g/mol. The lowest BCUT2D eigenvalue weighted by Gasteiger charge is -2.38. The van der Waals surface area contributed by atoms with E-state index in [0.29, 0.717) is 31.6 Å². The highest BCUT2D eigenvalue weighted by Gasteiger charge is 2.35. The lowest BCUT2D eigenvalue weighted by atomic mass is 9.75. The van der Waals surface area contributed by atoms with Crippen LogP contribution in [0, 0.1) is 12.8 Å². The average molecular weight is 366 g/mol. The minimum Gasteiger partial charge on any atom is -0.393 e. The maximum Gasteiger partial charge on any atom is 0.222 e. The van der Waals surface area contributed by atoms with Gasteiger partial charge >= 0.3 is 0 Å². The number of aromatic nitrogens is 5. The molecule has 0 bridgehead atoms. The highest BCUT2D eigenvalue weighted by atomic mass is 16.3. The molecule has 8 nitrogen and oxygen atoms in total. The van der Waals surface area contributed by atoms with Crippen molar-refractivity contribution in [1.29, 1.82) is 0 Å². The highest BCUT2D eigenvalue weighted by Crippen LogP contribution is 2.38. The van der Waals surface area contributed by atoms with Gasteiger partial charge in [-0.2, -0.15) is 0 Å². The van der Waals surface area contributed by atoms with E-state index in [1.807, 2.05) is 30.5 Å². The van der Waals surface area contributed by atoms with Crippen molar-refractivity contribution >= 4 is 16.8 Å². The Morgan fingerprint density at radius 1 is 1.37 bits per heavy atom. The van der Waals surface area contributed by atoms with E-state index in [4.69, 9.17) is 0 Å². The number of para-hydroxylation sites is 1. The maximum absolute atomic E-state index is 12.5. The van der Waals surface area contributed by atoms with Crippen LogP contribution in [0.2, 0.25) is 0 Å². The normalized spacial score (nSPS) is 20.2. The summed E-state index contributed by atoms with van der Waals surface area (Å²) in [5.41, 5.74) is 1.90. The van der Waals surface area contributed by atoms with Crippen LogP contribution >= 0.6 is 0 Å². The fraction of sp³-hybridized carbons (Fsp3) is 0.421. The van der Waals surface area contributed by atoms with Crippen LogP contribution in [0.4, 0.5) is 0 Å². The maximum atomic E-state index is 12.5. The van der Waals surface area contributed by atoms with Crippen LogP contribution in [0.15, 0.2) is 36.5 Å². The molecule has 4 rings (SSSR count). The first kappa shape index (κ1) is 17.5. The van der Waals surface area contributed by atoms with Gasteiger partial charge in [-0.25, -0.2) is 4.68 Å². The third-order valence-corrected chi connectivity index (χ3v) is 5.17. The predicted molar refractivity (Wildman–Crippen MR) is 98.5 cm³/mol. The second-order valence-corrected chi connectivity index (χ2v) is 7.09. The zero-order valence-corrected chi connectivity index (χ0v) is 15.1. The average Bonchev–Trinajstić information content (AvgIpc) is 3.06. The van der Waals surface area contributed by atoms with E-state index in [2.05, 4.69) is 31.9 Å². The summed E-state index contributed by atoms with van der Waals surface area (Å²) in [6, 6.07) is 9.83. The van der Waals surface area contributed by atoms with Crippen molar-refractivity contribution in [3.05, 3.63) is 47.9 Å². The molecule has 3 aromatic rings. The highest BCUT2D eigenvalue weighted by molar-refractivity contribution is 5.80. The van der Waals surface area contributed by atoms with E-state index in [1.54, 1.807) is 11.6 Å². The van der Waals surface area contributed by atoms with Gasteiger partial charge in [0.2, 0.25) is 5.91 Å². The zero-order valence-electron chi connectivity index (χ0n) is 15.1. The van der Waals surface area contributed by atoms with Crippen molar-refractivity contribution in [2.45, 2.75) is 44.9 Å². The Kier molecular flexibility index (Phi) is 4.81. The van der Waals surface area contributed by atoms with Crippen molar-refractivity contribution in [2.75, 3.05) is 0 Å². The van der Waals surface area contributed by atoms with Crippen LogP contribution < -0.4 is 5.32 Å². The molecule has 2 aromatic heterocycles. The number of carbonyl (C=O) groups excluding carboxylic acids is 1. The molecule has 0 aliphatic heterocycles. The first-order valence-electron chi connectivity index (χ1n) is 9.15. The number of benzene rings is 1. The van der Waals surface area contributed by atoms with Crippen molar-refractivity contribution < 1.29 is 9.90 Å². The molecule has 140 valence electrons. The van der Waals surface area contributed by atoms with E-state index >= 15 is 0 Å². The molecule has 8 heteroatoms. The summed E-state index contributed by atoms with van der Waals surface area (Å²) in [6.07, 6.45) is 3.20. The number of aliphatic hydroxyl groups is 1. The number of nitrogens with one attached hydrogen (secondary N) is 1. The van der Waals surface area contributed by atoms with Gasteiger partial charge in [0.05, 0.1) is 24.2 Å². The topological polar surface area (TPSA) is 106 Å². The van der Waals surface area contributed by atoms with E-state index < -0.39 is 0 Å². The molecule has 1 aromatic carbocycles. The van der Waals surface area contributed by atoms with Crippen molar-refractivity contribution in [2.24, 2.45) is 5.92 Å². The van der Waals surface area contributed by atoms with E-state index in [9.17, 15) is 9.90 Å². The largest absolute Gasteiger partial charge is 0.393 e. The Balaban J connectivity index is 1.50. The molecule has 27 heavy (non-hydrogen) atoms. The van der Waals surface area contributed by atoms with Crippen LogP contribution in [0.1, 0.15) is 36.7 Å². The van der Waals surface area contributed by atoms with Gasteiger partial charge < -0.3 is 10.4 Å². The summed E-state index contributed by atoms with van der Waals surface area (Å²) in [5, 5.41) is 25.2. The number of rotatable bonds is 6. The fourth-order valence-corrected chi connectivity index (χ4v) is 3.54. The third-order valence-electron chi connectivity index (χ3n) is 5.17. The summed E-state index contributed by atoms with van der Waals surface area (Å²) < 4.78 is 1.61. The molecule has 1 aliphatic rings. The summed E-state index contributed by atoms with van der Waals surface area (Å²) in [7, 11) is 0. The number of aryl methyl sites for hydroxylation is 2. The molecule has 0 saturated heterocycles. The fourth-order valence-electron chi connectivity index (χ4n) is 3.54. The minimum atomic E-state index is -0.285. The van der Waals surface area contributed by atoms with Crippen molar-refractivity contribution in [1.82, 2.24) is 30.5 Å². The first-order valence-corrected chi connectivity index (χ1v) is 9.15. The molecule has 1 unspecified atom stereocenters. The Labute approximate surface area is 156 Å². The van der Waals surface area contributed by atoms with Gasteiger partial charge in [0.15, 0.2) is 0 Å². The Morgan fingerprint density at radius 3 is 2.93 bits per heavy atom. The molecule has 1 fully saturated rings. The van der Waals surface area contributed by atoms with Gasteiger partial charge in [0, 0.05) is 18.0 Å². The number of hydrogen-bond acceptors (Lipinski definition) is 6. The zero-order chi connectivity index (χ0) is 18.8. The second kappa shape index (κ2) is 7.40. The Hall–Kier alpha value is -2.87. The summed E-state index contributed by atoms with van der Waals surface area (Å²) in [6.45, 7) is 2.23.